The van der Waals surface area contributed by atoms with E-state index in [9.17, 15) is 26.4 Å². The number of amides is 1. The molecule has 1 amide bonds. The normalized spacial score (nSPS) is 12.0. The maximum absolute atomic E-state index is 12.6. The van der Waals surface area contributed by atoms with Gasteiger partial charge in [0.2, 0.25) is 10.0 Å². The van der Waals surface area contributed by atoms with Crippen LogP contribution in [0, 0.1) is 6.92 Å². The van der Waals surface area contributed by atoms with E-state index in [0.29, 0.717) is 6.07 Å². The molecule has 0 radical (unpaired) electrons. The number of nitrogens with two attached hydrogens (primary N) is 1. The number of carbonyl (C=O) groups is 1. The Morgan fingerprint density at radius 3 is 2.17 bits per heavy atom. The molecule has 6 nitrogen and oxygen atoms in total. The number of halogens is 3. The number of sulfonamides is 1. The van der Waals surface area contributed by atoms with Crippen molar-refractivity contribution in [1.82, 2.24) is 4.98 Å². The predicted molar refractivity (Wildman–Crippen MR) is 79.7 cm³/mol. The summed E-state index contributed by atoms with van der Waals surface area (Å²) >= 11 is 0. The van der Waals surface area contributed by atoms with Crippen LogP contribution in [-0.2, 0) is 16.2 Å². The van der Waals surface area contributed by atoms with Gasteiger partial charge < -0.3 is 5.32 Å². The van der Waals surface area contributed by atoms with Crippen molar-refractivity contribution >= 4 is 21.6 Å². The van der Waals surface area contributed by atoms with Gasteiger partial charge >= 0.3 is 6.18 Å². The number of aryl methyl sites for hydroxylation is 1. The van der Waals surface area contributed by atoms with Crippen molar-refractivity contribution in [3.05, 3.63) is 53.3 Å². The fourth-order valence-electron chi connectivity index (χ4n) is 1.89. The molecule has 0 fully saturated rings. The third-order valence-corrected chi connectivity index (χ3v) is 3.99. The fourth-order valence-corrected chi connectivity index (χ4v) is 2.40. The first kappa shape index (κ1) is 17.9. The van der Waals surface area contributed by atoms with E-state index in [1.54, 1.807) is 0 Å². The van der Waals surface area contributed by atoms with Gasteiger partial charge in [0.25, 0.3) is 5.91 Å². The lowest BCUT2D eigenvalue weighted by Gasteiger charge is -2.10. The molecule has 2 rings (SSSR count). The number of alkyl halides is 3. The lowest BCUT2D eigenvalue weighted by molar-refractivity contribution is -0.141. The fraction of sp³-hybridized carbons (Fsp3) is 0.143. The lowest BCUT2D eigenvalue weighted by Crippen LogP contribution is -2.17. The Labute approximate surface area is 135 Å². The van der Waals surface area contributed by atoms with Gasteiger partial charge in [-0.2, -0.15) is 13.2 Å². The molecule has 2 aromatic rings. The lowest BCUT2D eigenvalue weighted by atomic mass is 10.1. The average molecular weight is 359 g/mol. The van der Waals surface area contributed by atoms with Crippen LogP contribution in [0.1, 0.15) is 21.7 Å². The first-order valence-electron chi connectivity index (χ1n) is 6.47. The molecule has 0 spiro atoms. The van der Waals surface area contributed by atoms with Gasteiger partial charge in [-0.1, -0.05) is 0 Å². The van der Waals surface area contributed by atoms with Crippen molar-refractivity contribution in [1.29, 1.82) is 0 Å². The molecule has 10 heteroatoms. The van der Waals surface area contributed by atoms with Gasteiger partial charge in [-0.05, 0) is 43.3 Å². The zero-order valence-corrected chi connectivity index (χ0v) is 13.1. The molecular weight excluding hydrogens is 347 g/mol. The molecular formula is C14H12F3N3O3S. The number of anilines is 1. The van der Waals surface area contributed by atoms with Crippen molar-refractivity contribution in [2.75, 3.05) is 5.32 Å². The summed E-state index contributed by atoms with van der Waals surface area (Å²) in [7, 11) is -3.85. The summed E-state index contributed by atoms with van der Waals surface area (Å²) in [5.41, 5.74) is -0.942. The zero-order valence-electron chi connectivity index (χ0n) is 12.3. The first-order chi connectivity index (χ1) is 11.0. The first-order valence-corrected chi connectivity index (χ1v) is 8.02. The molecule has 128 valence electrons. The number of hydrogen-bond donors (Lipinski definition) is 2. The molecule has 1 heterocycles. The Morgan fingerprint density at radius 1 is 1.12 bits per heavy atom. The van der Waals surface area contributed by atoms with Gasteiger partial charge in [-0.15, -0.1) is 0 Å². The second-order valence-electron chi connectivity index (χ2n) is 4.85. The van der Waals surface area contributed by atoms with Crippen LogP contribution in [-0.4, -0.2) is 19.3 Å². The maximum Gasteiger partial charge on any atom is 0.433 e. The van der Waals surface area contributed by atoms with E-state index in [4.69, 9.17) is 5.14 Å². The van der Waals surface area contributed by atoms with E-state index in [1.165, 1.54) is 31.2 Å². The van der Waals surface area contributed by atoms with E-state index < -0.39 is 27.8 Å². The highest BCUT2D eigenvalue weighted by Crippen LogP contribution is 2.28. The smallest absolute Gasteiger partial charge is 0.322 e. The SMILES string of the molecule is Cc1nc(C(F)(F)F)ccc1C(=O)Nc1ccc(S(N)(=O)=O)cc1. The molecule has 0 saturated heterocycles. The van der Waals surface area contributed by atoms with Crippen LogP contribution in [0.5, 0.6) is 0 Å². The Kier molecular flexibility index (Phi) is 4.63. The van der Waals surface area contributed by atoms with E-state index in [2.05, 4.69) is 10.3 Å². The van der Waals surface area contributed by atoms with Gasteiger partial charge in [0, 0.05) is 5.69 Å². The highest BCUT2D eigenvalue weighted by molar-refractivity contribution is 7.89. The summed E-state index contributed by atoms with van der Waals surface area (Å²) in [5.74, 6) is -0.669. The molecule has 0 atom stereocenters. The molecule has 0 unspecified atom stereocenters. The number of benzene rings is 1. The van der Waals surface area contributed by atoms with Gasteiger partial charge in [-0.25, -0.2) is 18.5 Å². The van der Waals surface area contributed by atoms with Crippen LogP contribution in [0.4, 0.5) is 18.9 Å². The number of hydrogen-bond acceptors (Lipinski definition) is 4. The third-order valence-electron chi connectivity index (χ3n) is 3.06. The molecule has 3 N–H and O–H groups in total. The highest BCUT2D eigenvalue weighted by Gasteiger charge is 2.33. The van der Waals surface area contributed by atoms with Gasteiger partial charge in [-0.3, -0.25) is 4.79 Å². The summed E-state index contributed by atoms with van der Waals surface area (Å²) < 4.78 is 59.9. The van der Waals surface area contributed by atoms with Crippen LogP contribution >= 0.6 is 0 Å². The zero-order chi connectivity index (χ0) is 18.1. The van der Waals surface area contributed by atoms with Crippen molar-refractivity contribution in [3.8, 4) is 0 Å². The molecule has 0 saturated carbocycles. The van der Waals surface area contributed by atoms with Crippen LogP contribution in [0.2, 0.25) is 0 Å². The Balaban J connectivity index is 2.21. The molecule has 1 aromatic carbocycles. The quantitative estimate of drug-likeness (QED) is 0.878. The molecule has 24 heavy (non-hydrogen) atoms. The number of primary sulfonamides is 1. The summed E-state index contributed by atoms with van der Waals surface area (Å²) in [6, 6.07) is 6.76. The van der Waals surface area contributed by atoms with Gasteiger partial charge in [0.1, 0.15) is 5.69 Å². The monoisotopic (exact) mass is 359 g/mol. The Hall–Kier alpha value is -2.46. The van der Waals surface area contributed by atoms with Crippen LogP contribution in [0.3, 0.4) is 0 Å². The van der Waals surface area contributed by atoms with E-state index in [-0.39, 0.29) is 21.8 Å². The number of nitrogens with zero attached hydrogens (tertiary/aromatic N) is 1. The predicted octanol–water partition coefficient (Wildman–Crippen LogP) is 2.31. The minimum absolute atomic E-state index is 0.0291. The molecule has 1 aromatic heterocycles. The van der Waals surface area contributed by atoms with Crippen molar-refractivity contribution < 1.29 is 26.4 Å². The second-order valence-corrected chi connectivity index (χ2v) is 6.41. The maximum atomic E-state index is 12.6. The summed E-state index contributed by atoms with van der Waals surface area (Å²) in [6.45, 7) is 1.29. The van der Waals surface area contributed by atoms with Gasteiger partial charge in [0.15, 0.2) is 0 Å². The molecule has 0 aliphatic heterocycles. The number of rotatable bonds is 3. The number of pyridine rings is 1. The van der Waals surface area contributed by atoms with E-state index in [1.807, 2.05) is 0 Å². The largest absolute Gasteiger partial charge is 0.433 e. The van der Waals surface area contributed by atoms with Crippen molar-refractivity contribution in [2.45, 2.75) is 18.0 Å². The number of carbonyl (C=O) groups excluding carboxylic acids is 1. The minimum atomic E-state index is -4.59. The van der Waals surface area contributed by atoms with Crippen molar-refractivity contribution in [3.63, 3.8) is 0 Å². The second kappa shape index (κ2) is 6.21. The summed E-state index contributed by atoms with van der Waals surface area (Å²) in [5, 5.41) is 7.39. The Morgan fingerprint density at radius 2 is 1.71 bits per heavy atom. The Bertz CT molecular complexity index is 878. The van der Waals surface area contributed by atoms with Gasteiger partial charge in [0.05, 0.1) is 16.2 Å². The third kappa shape index (κ3) is 4.09. The highest BCUT2D eigenvalue weighted by atomic mass is 32.2. The van der Waals surface area contributed by atoms with Crippen LogP contribution < -0.4 is 10.5 Å². The van der Waals surface area contributed by atoms with Crippen LogP contribution in [0.15, 0.2) is 41.3 Å². The van der Waals surface area contributed by atoms with Crippen molar-refractivity contribution in [2.24, 2.45) is 5.14 Å². The summed E-state index contributed by atoms with van der Waals surface area (Å²) in [4.78, 5) is 15.3. The van der Waals surface area contributed by atoms with E-state index >= 15 is 0 Å². The minimum Gasteiger partial charge on any atom is -0.322 e. The molecule has 0 aliphatic rings. The van der Waals surface area contributed by atoms with E-state index in [0.717, 1.165) is 6.07 Å². The van der Waals surface area contributed by atoms with Crippen LogP contribution in [0.25, 0.3) is 0 Å². The molecule has 0 bridgehead atoms. The topological polar surface area (TPSA) is 102 Å². The standard InChI is InChI=1S/C14H12F3N3O3S/c1-8-11(6-7-12(19-8)14(15,16)17)13(21)20-9-2-4-10(5-3-9)24(18,22)23/h2-7H,1H3,(H,20,21)(H2,18,22,23). The summed E-state index contributed by atoms with van der Waals surface area (Å²) in [6.07, 6.45) is -4.59. The number of nitrogens with one attached hydrogen (secondary N) is 1. The average Bonchev–Trinajstić information content (AvgIpc) is 2.45. The number of aromatic nitrogens is 1. The molecule has 0 aliphatic carbocycles.